The van der Waals surface area contributed by atoms with Gasteiger partial charge in [-0.25, -0.2) is 0 Å². The number of ether oxygens (including phenoxy) is 2. The van der Waals surface area contributed by atoms with Crippen LogP contribution in [-0.4, -0.2) is 19.6 Å². The Hall–Kier alpha value is -2.39. The molecule has 0 unspecified atom stereocenters. The first-order chi connectivity index (χ1) is 12.9. The third-order valence-electron chi connectivity index (χ3n) is 3.39. The van der Waals surface area contributed by atoms with Crippen molar-refractivity contribution in [1.29, 1.82) is 5.26 Å². The van der Waals surface area contributed by atoms with Gasteiger partial charge in [0.15, 0.2) is 11.5 Å². The lowest BCUT2D eigenvalue weighted by molar-refractivity contribution is -0.112. The van der Waals surface area contributed by atoms with Gasteiger partial charge < -0.3 is 14.8 Å². The molecular weight excluding hydrogens is 411 g/mol. The standard InChI is InChI=1S/C19H15Cl3N2O3/c1-3-27-17-8-11(7-16(22)18(17)26-2)6-12(10-23)19(25)24-13-4-5-14(20)15(21)9-13/h4-9H,3H2,1-2H3,(H,24,25)/b12-6+. The highest BCUT2D eigenvalue weighted by Crippen LogP contribution is 2.37. The van der Waals surface area contributed by atoms with Crippen LogP contribution in [0.15, 0.2) is 35.9 Å². The molecule has 27 heavy (non-hydrogen) atoms. The molecule has 0 spiro atoms. The molecule has 5 nitrogen and oxygen atoms in total. The fourth-order valence-electron chi connectivity index (χ4n) is 2.22. The summed E-state index contributed by atoms with van der Waals surface area (Å²) in [5.74, 6) is 0.205. The van der Waals surface area contributed by atoms with Crippen LogP contribution in [0.1, 0.15) is 12.5 Å². The quantitative estimate of drug-likeness (QED) is 0.483. The summed E-state index contributed by atoms with van der Waals surface area (Å²) in [6.07, 6.45) is 1.40. The molecule has 0 aliphatic rings. The minimum atomic E-state index is -0.596. The Morgan fingerprint density at radius 3 is 2.52 bits per heavy atom. The second-order valence-corrected chi connectivity index (χ2v) is 6.44. The van der Waals surface area contributed by atoms with E-state index >= 15 is 0 Å². The van der Waals surface area contributed by atoms with E-state index in [-0.39, 0.29) is 5.57 Å². The van der Waals surface area contributed by atoms with Crippen LogP contribution in [0.4, 0.5) is 5.69 Å². The summed E-state index contributed by atoms with van der Waals surface area (Å²) < 4.78 is 10.7. The molecule has 0 atom stereocenters. The normalized spacial score (nSPS) is 10.9. The maximum absolute atomic E-state index is 12.4. The summed E-state index contributed by atoms with van der Waals surface area (Å²) in [5, 5.41) is 12.9. The van der Waals surface area contributed by atoms with Crippen LogP contribution < -0.4 is 14.8 Å². The number of amides is 1. The van der Waals surface area contributed by atoms with Gasteiger partial charge in [-0.05, 0) is 48.9 Å². The molecule has 0 bridgehead atoms. The Bertz CT molecular complexity index is 937. The van der Waals surface area contributed by atoms with E-state index < -0.39 is 5.91 Å². The molecule has 8 heteroatoms. The Labute approximate surface area is 172 Å². The smallest absolute Gasteiger partial charge is 0.266 e. The first-order valence-corrected chi connectivity index (χ1v) is 8.91. The lowest BCUT2D eigenvalue weighted by Crippen LogP contribution is -2.13. The number of anilines is 1. The van der Waals surface area contributed by atoms with E-state index in [0.717, 1.165) is 0 Å². The summed E-state index contributed by atoms with van der Waals surface area (Å²) in [7, 11) is 1.48. The minimum absolute atomic E-state index is 0.121. The van der Waals surface area contributed by atoms with Gasteiger partial charge in [-0.2, -0.15) is 5.26 Å². The topological polar surface area (TPSA) is 71.3 Å². The summed E-state index contributed by atoms with van der Waals surface area (Å²) in [4.78, 5) is 12.4. The number of halogens is 3. The zero-order valence-electron chi connectivity index (χ0n) is 14.5. The Kier molecular flexibility index (Phi) is 7.37. The molecule has 0 aliphatic carbocycles. The number of carbonyl (C=O) groups is 1. The molecule has 0 saturated heterocycles. The zero-order valence-corrected chi connectivity index (χ0v) is 16.7. The van der Waals surface area contributed by atoms with Crippen LogP contribution in [0.5, 0.6) is 11.5 Å². The van der Waals surface area contributed by atoms with Crippen molar-refractivity contribution in [2.24, 2.45) is 0 Å². The average Bonchev–Trinajstić information content (AvgIpc) is 2.63. The predicted molar refractivity (Wildman–Crippen MR) is 108 cm³/mol. The molecule has 2 aromatic rings. The second kappa shape index (κ2) is 9.52. The van der Waals surface area contributed by atoms with Crippen LogP contribution in [0.25, 0.3) is 6.08 Å². The van der Waals surface area contributed by atoms with Gasteiger partial charge in [-0.1, -0.05) is 34.8 Å². The summed E-state index contributed by atoms with van der Waals surface area (Å²) >= 11 is 18.0. The van der Waals surface area contributed by atoms with Gasteiger partial charge in [0, 0.05) is 5.69 Å². The molecule has 0 fully saturated rings. The highest BCUT2D eigenvalue weighted by atomic mass is 35.5. The predicted octanol–water partition coefficient (Wildman–Crippen LogP) is 5.60. The van der Waals surface area contributed by atoms with Crippen molar-refractivity contribution in [3.8, 4) is 17.6 Å². The fourth-order valence-corrected chi connectivity index (χ4v) is 2.81. The molecule has 1 amide bonds. The van der Waals surface area contributed by atoms with Crippen molar-refractivity contribution in [2.45, 2.75) is 6.92 Å². The van der Waals surface area contributed by atoms with Crippen molar-refractivity contribution in [1.82, 2.24) is 0 Å². The van der Waals surface area contributed by atoms with E-state index in [9.17, 15) is 10.1 Å². The highest BCUT2D eigenvalue weighted by molar-refractivity contribution is 6.42. The average molecular weight is 426 g/mol. The van der Waals surface area contributed by atoms with E-state index in [4.69, 9.17) is 44.3 Å². The first kappa shape index (κ1) is 20.9. The van der Waals surface area contributed by atoms with Gasteiger partial charge in [0.1, 0.15) is 11.6 Å². The van der Waals surface area contributed by atoms with Crippen LogP contribution in [-0.2, 0) is 4.79 Å². The molecule has 140 valence electrons. The number of carbonyl (C=O) groups excluding carboxylic acids is 1. The van der Waals surface area contributed by atoms with Gasteiger partial charge in [0.25, 0.3) is 5.91 Å². The molecular formula is C19H15Cl3N2O3. The molecule has 0 aromatic heterocycles. The summed E-state index contributed by atoms with van der Waals surface area (Å²) in [6, 6.07) is 9.71. The molecule has 2 aromatic carbocycles. The molecule has 0 aliphatic heterocycles. The Morgan fingerprint density at radius 1 is 1.19 bits per heavy atom. The summed E-state index contributed by atoms with van der Waals surface area (Å²) in [5.41, 5.74) is 0.813. The van der Waals surface area contributed by atoms with E-state index in [2.05, 4.69) is 5.32 Å². The van der Waals surface area contributed by atoms with Crippen molar-refractivity contribution >= 4 is 52.5 Å². The highest BCUT2D eigenvalue weighted by Gasteiger charge is 2.14. The largest absolute Gasteiger partial charge is 0.491 e. The SMILES string of the molecule is CCOc1cc(/C=C(\C#N)C(=O)Nc2ccc(Cl)c(Cl)c2)cc(Cl)c1OC. The third-order valence-corrected chi connectivity index (χ3v) is 4.41. The zero-order chi connectivity index (χ0) is 20.0. The van der Waals surface area contributed by atoms with Crippen molar-refractivity contribution < 1.29 is 14.3 Å². The molecule has 2 rings (SSSR count). The third kappa shape index (κ3) is 5.30. The summed E-state index contributed by atoms with van der Waals surface area (Å²) in [6.45, 7) is 2.23. The minimum Gasteiger partial charge on any atom is -0.491 e. The lowest BCUT2D eigenvalue weighted by atomic mass is 10.1. The van der Waals surface area contributed by atoms with Gasteiger partial charge >= 0.3 is 0 Å². The lowest BCUT2D eigenvalue weighted by Gasteiger charge is -2.12. The van der Waals surface area contributed by atoms with Gasteiger partial charge in [0.05, 0.1) is 28.8 Å². The number of methoxy groups -OCH3 is 1. The Morgan fingerprint density at radius 2 is 1.93 bits per heavy atom. The van der Waals surface area contributed by atoms with E-state index in [0.29, 0.717) is 44.4 Å². The van der Waals surface area contributed by atoms with Crippen molar-refractivity contribution in [3.63, 3.8) is 0 Å². The molecule has 1 N–H and O–H groups in total. The van der Waals surface area contributed by atoms with Gasteiger partial charge in [0.2, 0.25) is 0 Å². The molecule has 0 radical (unpaired) electrons. The van der Waals surface area contributed by atoms with Gasteiger partial charge in [-0.3, -0.25) is 4.79 Å². The number of hydrogen-bond acceptors (Lipinski definition) is 4. The monoisotopic (exact) mass is 424 g/mol. The van der Waals surface area contributed by atoms with Crippen LogP contribution in [0.2, 0.25) is 15.1 Å². The van der Waals surface area contributed by atoms with Crippen molar-refractivity contribution in [2.75, 3.05) is 19.0 Å². The van der Waals surface area contributed by atoms with Crippen molar-refractivity contribution in [3.05, 3.63) is 56.5 Å². The number of rotatable bonds is 6. The molecule has 0 heterocycles. The maximum atomic E-state index is 12.4. The van der Waals surface area contributed by atoms with Gasteiger partial charge in [-0.15, -0.1) is 0 Å². The van der Waals surface area contributed by atoms with Crippen LogP contribution in [0, 0.1) is 11.3 Å². The van der Waals surface area contributed by atoms with Crippen LogP contribution in [0.3, 0.4) is 0 Å². The fraction of sp³-hybridized carbons (Fsp3) is 0.158. The van der Waals surface area contributed by atoms with Crippen LogP contribution >= 0.6 is 34.8 Å². The number of benzene rings is 2. The number of nitrogens with one attached hydrogen (secondary N) is 1. The van der Waals surface area contributed by atoms with E-state index in [1.165, 1.54) is 19.3 Å². The van der Waals surface area contributed by atoms with E-state index in [1.807, 2.05) is 13.0 Å². The Balaban J connectivity index is 2.33. The number of nitrogens with zero attached hydrogens (tertiary/aromatic N) is 1. The maximum Gasteiger partial charge on any atom is 0.266 e. The number of nitriles is 1. The molecule has 0 saturated carbocycles. The second-order valence-electron chi connectivity index (χ2n) is 5.22. The van der Waals surface area contributed by atoms with E-state index in [1.54, 1.807) is 24.3 Å². The first-order valence-electron chi connectivity index (χ1n) is 7.78. The number of hydrogen-bond donors (Lipinski definition) is 1.